The van der Waals surface area contributed by atoms with Crippen LogP contribution in [0.3, 0.4) is 0 Å². The summed E-state index contributed by atoms with van der Waals surface area (Å²) in [6.45, 7) is 3.86. The largest absolute Gasteiger partial charge is 0.395 e. The summed E-state index contributed by atoms with van der Waals surface area (Å²) in [5.41, 5.74) is 0.999. The standard InChI is InChI=1S/C13H17N3O4/c17-8-7-14-3-5-15(6-4-14)13-2-1-12(16(19)20)9-11(13)10-18/h1-2,9-10,17H,3-8H2. The molecule has 1 aromatic rings. The van der Waals surface area contributed by atoms with E-state index in [1.807, 2.05) is 4.90 Å². The molecule has 108 valence electrons. The Bertz CT molecular complexity index is 498. The van der Waals surface area contributed by atoms with Crippen molar-refractivity contribution in [3.63, 3.8) is 0 Å². The summed E-state index contributed by atoms with van der Waals surface area (Å²) in [5.74, 6) is 0. The fraction of sp³-hybridized carbons (Fsp3) is 0.462. The van der Waals surface area contributed by atoms with Crippen LogP contribution < -0.4 is 4.90 Å². The number of anilines is 1. The monoisotopic (exact) mass is 279 g/mol. The number of aliphatic hydroxyl groups excluding tert-OH is 1. The third kappa shape index (κ3) is 3.12. The first-order valence-electron chi connectivity index (χ1n) is 6.47. The van der Waals surface area contributed by atoms with Gasteiger partial charge in [0.05, 0.1) is 11.5 Å². The SMILES string of the molecule is O=Cc1cc([N+](=O)[O-])ccc1N1CCN(CCO)CC1. The number of rotatable bonds is 5. The van der Waals surface area contributed by atoms with Crippen LogP contribution in [0.15, 0.2) is 18.2 Å². The topological polar surface area (TPSA) is 86.9 Å². The van der Waals surface area contributed by atoms with Crippen LogP contribution in [0, 0.1) is 10.1 Å². The third-order valence-corrected chi connectivity index (χ3v) is 3.48. The first-order chi connectivity index (χ1) is 9.65. The molecule has 0 atom stereocenters. The predicted octanol–water partition coefficient (Wildman–Crippen LogP) is 0.522. The van der Waals surface area contributed by atoms with E-state index in [0.29, 0.717) is 18.4 Å². The Morgan fingerprint density at radius 3 is 2.55 bits per heavy atom. The van der Waals surface area contributed by atoms with Gasteiger partial charge < -0.3 is 10.0 Å². The second-order valence-corrected chi connectivity index (χ2v) is 4.67. The second kappa shape index (κ2) is 6.44. The van der Waals surface area contributed by atoms with Crippen molar-refractivity contribution < 1.29 is 14.8 Å². The lowest BCUT2D eigenvalue weighted by Gasteiger charge is -2.36. The van der Waals surface area contributed by atoms with Crippen LogP contribution >= 0.6 is 0 Å². The normalized spacial score (nSPS) is 16.1. The zero-order valence-corrected chi connectivity index (χ0v) is 11.1. The van der Waals surface area contributed by atoms with Gasteiger partial charge in [0.15, 0.2) is 6.29 Å². The molecule has 0 unspecified atom stereocenters. The van der Waals surface area contributed by atoms with Gasteiger partial charge in [0.1, 0.15) is 0 Å². The van der Waals surface area contributed by atoms with Crippen LogP contribution in [0.5, 0.6) is 0 Å². The van der Waals surface area contributed by atoms with Crippen LogP contribution in [0.4, 0.5) is 11.4 Å². The van der Waals surface area contributed by atoms with Gasteiger partial charge in [0, 0.05) is 56.1 Å². The number of β-amino-alcohol motifs (C(OH)–C–C–N with tert-alkyl or cyclic N) is 1. The number of nitro groups is 1. The number of aldehydes is 1. The van der Waals surface area contributed by atoms with E-state index in [1.165, 1.54) is 12.1 Å². The van der Waals surface area contributed by atoms with Gasteiger partial charge in [-0.2, -0.15) is 0 Å². The van der Waals surface area contributed by atoms with Gasteiger partial charge in [-0.15, -0.1) is 0 Å². The zero-order valence-electron chi connectivity index (χ0n) is 11.1. The molecule has 1 fully saturated rings. The number of nitrogens with zero attached hydrogens (tertiary/aromatic N) is 3. The molecule has 0 radical (unpaired) electrons. The summed E-state index contributed by atoms with van der Waals surface area (Å²) in [7, 11) is 0. The van der Waals surface area contributed by atoms with Gasteiger partial charge in [0.2, 0.25) is 0 Å². The van der Waals surface area contributed by atoms with Crippen molar-refractivity contribution in [1.29, 1.82) is 0 Å². The molecule has 0 aliphatic carbocycles. The number of carbonyl (C=O) groups excluding carboxylic acids is 1. The van der Waals surface area contributed by atoms with Gasteiger partial charge in [-0.05, 0) is 6.07 Å². The van der Waals surface area contributed by atoms with Crippen molar-refractivity contribution in [2.75, 3.05) is 44.2 Å². The number of hydrogen-bond donors (Lipinski definition) is 1. The predicted molar refractivity (Wildman–Crippen MR) is 74.2 cm³/mol. The van der Waals surface area contributed by atoms with Crippen molar-refractivity contribution in [2.45, 2.75) is 0 Å². The maximum absolute atomic E-state index is 11.1. The molecule has 2 rings (SSSR count). The summed E-state index contributed by atoms with van der Waals surface area (Å²) in [4.78, 5) is 25.5. The maximum Gasteiger partial charge on any atom is 0.270 e. The molecule has 1 saturated heterocycles. The van der Waals surface area contributed by atoms with Gasteiger partial charge >= 0.3 is 0 Å². The number of carbonyl (C=O) groups is 1. The Hall–Kier alpha value is -1.99. The molecule has 20 heavy (non-hydrogen) atoms. The average Bonchev–Trinajstić information content (AvgIpc) is 2.47. The van der Waals surface area contributed by atoms with Crippen molar-refractivity contribution in [3.8, 4) is 0 Å². The molecule has 7 heteroatoms. The molecule has 0 bridgehead atoms. The highest BCUT2D eigenvalue weighted by molar-refractivity contribution is 5.86. The Morgan fingerprint density at radius 1 is 1.30 bits per heavy atom. The highest BCUT2D eigenvalue weighted by atomic mass is 16.6. The molecule has 1 aliphatic heterocycles. The van der Waals surface area contributed by atoms with E-state index in [4.69, 9.17) is 5.11 Å². The average molecular weight is 279 g/mol. The van der Waals surface area contributed by atoms with E-state index < -0.39 is 4.92 Å². The van der Waals surface area contributed by atoms with Gasteiger partial charge in [-0.25, -0.2) is 0 Å². The van der Waals surface area contributed by atoms with Crippen LogP contribution in [0.25, 0.3) is 0 Å². The Morgan fingerprint density at radius 2 is 2.00 bits per heavy atom. The maximum atomic E-state index is 11.1. The summed E-state index contributed by atoms with van der Waals surface area (Å²) >= 11 is 0. The Balaban J connectivity index is 2.13. The number of benzene rings is 1. The summed E-state index contributed by atoms with van der Waals surface area (Å²) in [5, 5.41) is 19.6. The molecule has 1 N–H and O–H groups in total. The molecule has 0 spiro atoms. The molecular weight excluding hydrogens is 262 g/mol. The minimum absolute atomic E-state index is 0.0743. The van der Waals surface area contributed by atoms with Gasteiger partial charge in [-0.3, -0.25) is 19.8 Å². The molecule has 1 aromatic carbocycles. The number of nitro benzene ring substituents is 1. The highest BCUT2D eigenvalue weighted by Crippen LogP contribution is 2.25. The summed E-state index contributed by atoms with van der Waals surface area (Å²) in [6, 6.07) is 4.36. The fourth-order valence-electron chi connectivity index (χ4n) is 2.39. The minimum atomic E-state index is -0.504. The smallest absolute Gasteiger partial charge is 0.270 e. The molecule has 1 aliphatic rings. The van der Waals surface area contributed by atoms with Gasteiger partial charge in [0.25, 0.3) is 5.69 Å². The van der Waals surface area contributed by atoms with Crippen LogP contribution in [-0.2, 0) is 0 Å². The van der Waals surface area contributed by atoms with Crippen LogP contribution in [0.2, 0.25) is 0 Å². The molecule has 0 amide bonds. The molecular formula is C13H17N3O4. The van der Waals surface area contributed by atoms with Crippen molar-refractivity contribution in [1.82, 2.24) is 4.90 Å². The number of aliphatic hydroxyl groups is 1. The number of non-ortho nitro benzene ring substituents is 1. The fourth-order valence-corrected chi connectivity index (χ4v) is 2.39. The summed E-state index contributed by atoms with van der Waals surface area (Å²) in [6.07, 6.45) is 0.655. The molecule has 0 aromatic heterocycles. The highest BCUT2D eigenvalue weighted by Gasteiger charge is 2.20. The van der Waals surface area contributed by atoms with Crippen molar-refractivity contribution >= 4 is 17.7 Å². The van der Waals surface area contributed by atoms with Crippen molar-refractivity contribution in [2.24, 2.45) is 0 Å². The quantitative estimate of drug-likeness (QED) is 0.480. The number of hydrogen-bond acceptors (Lipinski definition) is 6. The van der Waals surface area contributed by atoms with Crippen molar-refractivity contribution in [3.05, 3.63) is 33.9 Å². The lowest BCUT2D eigenvalue weighted by molar-refractivity contribution is -0.384. The van der Waals surface area contributed by atoms with Crippen LogP contribution in [0.1, 0.15) is 10.4 Å². The zero-order chi connectivity index (χ0) is 14.5. The van der Waals surface area contributed by atoms with Crippen LogP contribution in [-0.4, -0.2) is 60.5 Å². The molecule has 1 heterocycles. The van der Waals surface area contributed by atoms with Gasteiger partial charge in [-0.1, -0.05) is 0 Å². The van der Waals surface area contributed by atoms with E-state index in [9.17, 15) is 14.9 Å². The van der Waals surface area contributed by atoms with E-state index in [2.05, 4.69) is 4.90 Å². The lowest BCUT2D eigenvalue weighted by atomic mass is 10.1. The first-order valence-corrected chi connectivity index (χ1v) is 6.47. The van der Waals surface area contributed by atoms with E-state index >= 15 is 0 Å². The minimum Gasteiger partial charge on any atom is -0.395 e. The Kier molecular flexibility index (Phi) is 4.65. The second-order valence-electron chi connectivity index (χ2n) is 4.67. The Labute approximate surface area is 116 Å². The third-order valence-electron chi connectivity index (χ3n) is 3.48. The number of piperazine rings is 1. The lowest BCUT2D eigenvalue weighted by Crippen LogP contribution is -2.47. The van der Waals surface area contributed by atoms with E-state index in [1.54, 1.807) is 6.07 Å². The first kappa shape index (κ1) is 14.4. The summed E-state index contributed by atoms with van der Waals surface area (Å²) < 4.78 is 0. The molecule has 0 saturated carbocycles. The van der Waals surface area contributed by atoms with E-state index in [0.717, 1.165) is 31.9 Å². The van der Waals surface area contributed by atoms with E-state index in [-0.39, 0.29) is 12.3 Å². The molecule has 7 nitrogen and oxygen atoms in total.